The van der Waals surface area contributed by atoms with Crippen molar-refractivity contribution in [2.24, 2.45) is 0 Å². The first-order valence-corrected chi connectivity index (χ1v) is 10.2. The first-order valence-electron chi connectivity index (χ1n) is 10.2. The number of urea groups is 1. The smallest absolute Gasteiger partial charge is 0.315 e. The van der Waals surface area contributed by atoms with Gasteiger partial charge in [-0.2, -0.15) is 5.10 Å². The zero-order valence-electron chi connectivity index (χ0n) is 16.5. The fourth-order valence-corrected chi connectivity index (χ4v) is 3.74. The molecule has 2 N–H and O–H groups in total. The Morgan fingerprint density at radius 1 is 1.07 bits per heavy atom. The maximum atomic E-state index is 12.3. The Bertz CT molecular complexity index is 869. The van der Waals surface area contributed by atoms with Gasteiger partial charge >= 0.3 is 6.03 Å². The van der Waals surface area contributed by atoms with Crippen LogP contribution in [0.25, 0.3) is 5.69 Å². The van der Waals surface area contributed by atoms with Gasteiger partial charge in [0.1, 0.15) is 5.76 Å². The Kier molecular flexibility index (Phi) is 6.26. The monoisotopic (exact) mass is 393 g/mol. The van der Waals surface area contributed by atoms with Crippen molar-refractivity contribution in [1.82, 2.24) is 25.3 Å². The average molecular weight is 393 g/mol. The molecule has 0 spiro atoms. The Balaban J connectivity index is 1.28. The van der Waals surface area contributed by atoms with Gasteiger partial charge in [0.05, 0.1) is 18.0 Å². The Labute approximate surface area is 170 Å². The lowest BCUT2D eigenvalue weighted by atomic mass is 10.1. The van der Waals surface area contributed by atoms with E-state index in [0.717, 1.165) is 30.1 Å². The quantitative estimate of drug-likeness (QED) is 0.644. The number of hydrogen-bond donors (Lipinski definition) is 2. The van der Waals surface area contributed by atoms with E-state index in [1.807, 2.05) is 48.7 Å². The molecule has 3 aromatic rings. The number of carbonyl (C=O) groups excluding carboxylic acids is 1. The minimum absolute atomic E-state index is 0.0735. The molecule has 0 radical (unpaired) electrons. The maximum absolute atomic E-state index is 12.3. The largest absolute Gasteiger partial charge is 0.468 e. The number of carbonyl (C=O) groups is 1. The predicted molar refractivity (Wildman–Crippen MR) is 111 cm³/mol. The lowest BCUT2D eigenvalue weighted by molar-refractivity contribution is 0.143. The Morgan fingerprint density at radius 3 is 2.59 bits per heavy atom. The predicted octanol–water partition coefficient (Wildman–Crippen LogP) is 3.49. The van der Waals surface area contributed by atoms with Gasteiger partial charge in [0, 0.05) is 25.5 Å². The van der Waals surface area contributed by atoms with Gasteiger partial charge < -0.3 is 15.1 Å². The van der Waals surface area contributed by atoms with Crippen LogP contribution < -0.4 is 10.6 Å². The van der Waals surface area contributed by atoms with E-state index in [4.69, 9.17) is 4.42 Å². The van der Waals surface area contributed by atoms with Crippen LogP contribution in [0.2, 0.25) is 0 Å². The van der Waals surface area contributed by atoms with E-state index >= 15 is 0 Å². The Hall–Kier alpha value is -3.06. The number of benzene rings is 1. The highest BCUT2D eigenvalue weighted by atomic mass is 16.3. The fourth-order valence-electron chi connectivity index (χ4n) is 3.74. The summed E-state index contributed by atoms with van der Waals surface area (Å²) in [5.74, 6) is 0.904. The molecule has 152 valence electrons. The molecule has 1 aromatic carbocycles. The van der Waals surface area contributed by atoms with Gasteiger partial charge in [-0.05, 0) is 61.8 Å². The van der Waals surface area contributed by atoms with Gasteiger partial charge in [-0.1, -0.05) is 18.6 Å². The van der Waals surface area contributed by atoms with Crippen LogP contribution in [0, 0.1) is 0 Å². The minimum Gasteiger partial charge on any atom is -0.468 e. The first-order chi connectivity index (χ1) is 14.3. The van der Waals surface area contributed by atoms with Crippen LogP contribution in [0.5, 0.6) is 0 Å². The summed E-state index contributed by atoms with van der Waals surface area (Å²) >= 11 is 0. The topological polar surface area (TPSA) is 75.3 Å². The van der Waals surface area contributed by atoms with Crippen LogP contribution in [0.15, 0.2) is 65.5 Å². The van der Waals surface area contributed by atoms with E-state index in [0.29, 0.717) is 13.1 Å². The van der Waals surface area contributed by atoms with Crippen LogP contribution in [-0.4, -0.2) is 40.3 Å². The van der Waals surface area contributed by atoms with Crippen LogP contribution >= 0.6 is 0 Å². The number of nitrogens with one attached hydrogen (secondary N) is 2. The van der Waals surface area contributed by atoms with Crippen LogP contribution in [0.3, 0.4) is 0 Å². The molecule has 7 nitrogen and oxygen atoms in total. The van der Waals surface area contributed by atoms with E-state index in [-0.39, 0.29) is 12.1 Å². The molecule has 29 heavy (non-hydrogen) atoms. The lowest BCUT2D eigenvalue weighted by Gasteiger charge is -2.33. The molecule has 0 saturated carbocycles. The third-order valence-electron chi connectivity index (χ3n) is 5.32. The molecule has 0 bridgehead atoms. The molecular formula is C22H27N5O2. The van der Waals surface area contributed by atoms with E-state index < -0.39 is 0 Å². The third kappa shape index (κ3) is 5.06. The summed E-state index contributed by atoms with van der Waals surface area (Å²) in [6.45, 7) is 3.08. The van der Waals surface area contributed by atoms with E-state index in [1.54, 1.807) is 17.1 Å². The summed E-state index contributed by atoms with van der Waals surface area (Å²) in [6.07, 6.45) is 9.00. The van der Waals surface area contributed by atoms with Gasteiger partial charge in [0.25, 0.3) is 0 Å². The second-order valence-corrected chi connectivity index (χ2v) is 7.31. The molecule has 3 heterocycles. The van der Waals surface area contributed by atoms with Crippen molar-refractivity contribution in [2.45, 2.75) is 31.8 Å². The summed E-state index contributed by atoms with van der Waals surface area (Å²) in [4.78, 5) is 14.7. The average Bonchev–Trinajstić information content (AvgIpc) is 3.48. The van der Waals surface area contributed by atoms with Crippen LogP contribution in [-0.2, 0) is 6.54 Å². The summed E-state index contributed by atoms with van der Waals surface area (Å²) in [5.41, 5.74) is 2.03. The number of hydrogen-bond acceptors (Lipinski definition) is 4. The number of amides is 2. The Morgan fingerprint density at radius 2 is 1.90 bits per heavy atom. The maximum Gasteiger partial charge on any atom is 0.315 e. The molecule has 1 saturated heterocycles. The summed E-state index contributed by atoms with van der Waals surface area (Å²) in [7, 11) is 0. The molecule has 1 aliphatic rings. The van der Waals surface area contributed by atoms with Crippen molar-refractivity contribution in [3.63, 3.8) is 0 Å². The van der Waals surface area contributed by atoms with Gasteiger partial charge in [0.15, 0.2) is 0 Å². The first kappa shape index (κ1) is 19.3. The summed E-state index contributed by atoms with van der Waals surface area (Å²) in [6, 6.07) is 13.7. The van der Waals surface area contributed by atoms with E-state index in [1.165, 1.54) is 19.3 Å². The lowest BCUT2D eigenvalue weighted by Crippen LogP contribution is -2.43. The standard InChI is InChI=1S/C22H27N5O2/c28-22(23-16-18-7-9-19(10-8-18)27-14-5-11-25-27)24-17-20(21-6-4-15-29-21)26-12-2-1-3-13-26/h4-11,14-15,20H,1-3,12-13,16-17H2,(H2,23,24,28). The van der Waals surface area contributed by atoms with Crippen molar-refractivity contribution in [3.8, 4) is 5.69 Å². The van der Waals surface area contributed by atoms with Crippen LogP contribution in [0.4, 0.5) is 4.79 Å². The molecule has 1 fully saturated rings. The zero-order chi connectivity index (χ0) is 19.9. The number of rotatable bonds is 7. The second-order valence-electron chi connectivity index (χ2n) is 7.31. The summed E-state index contributed by atoms with van der Waals surface area (Å²) in [5, 5.41) is 10.2. The number of piperidine rings is 1. The molecule has 4 rings (SSSR count). The van der Waals surface area contributed by atoms with E-state index in [9.17, 15) is 4.79 Å². The fraction of sp³-hybridized carbons (Fsp3) is 0.364. The normalized spacial score (nSPS) is 15.7. The van der Waals surface area contributed by atoms with Gasteiger partial charge in [-0.3, -0.25) is 4.90 Å². The zero-order valence-corrected chi connectivity index (χ0v) is 16.5. The number of nitrogens with zero attached hydrogens (tertiary/aromatic N) is 3. The molecule has 0 aliphatic carbocycles. The molecule has 1 aliphatic heterocycles. The molecule has 2 aromatic heterocycles. The van der Waals surface area contributed by atoms with Crippen molar-refractivity contribution < 1.29 is 9.21 Å². The van der Waals surface area contributed by atoms with E-state index in [2.05, 4.69) is 20.6 Å². The number of aromatic nitrogens is 2. The molecular weight excluding hydrogens is 366 g/mol. The third-order valence-corrected chi connectivity index (χ3v) is 5.32. The van der Waals surface area contributed by atoms with Crippen molar-refractivity contribution >= 4 is 6.03 Å². The van der Waals surface area contributed by atoms with Crippen molar-refractivity contribution in [2.75, 3.05) is 19.6 Å². The van der Waals surface area contributed by atoms with Gasteiger partial charge in [-0.25, -0.2) is 9.48 Å². The highest BCUT2D eigenvalue weighted by molar-refractivity contribution is 5.73. The van der Waals surface area contributed by atoms with Gasteiger partial charge in [0.2, 0.25) is 0 Å². The minimum atomic E-state index is -0.172. The number of likely N-dealkylation sites (tertiary alicyclic amines) is 1. The van der Waals surface area contributed by atoms with Gasteiger partial charge in [-0.15, -0.1) is 0 Å². The van der Waals surface area contributed by atoms with Crippen molar-refractivity contribution in [1.29, 1.82) is 0 Å². The molecule has 1 atom stereocenters. The highest BCUT2D eigenvalue weighted by Crippen LogP contribution is 2.24. The second kappa shape index (κ2) is 9.43. The molecule has 1 unspecified atom stereocenters. The molecule has 2 amide bonds. The molecule has 7 heteroatoms. The summed E-state index contributed by atoms with van der Waals surface area (Å²) < 4.78 is 7.44. The SMILES string of the molecule is O=C(NCc1ccc(-n2cccn2)cc1)NCC(c1ccco1)N1CCCCC1. The number of furan rings is 1. The van der Waals surface area contributed by atoms with Crippen LogP contribution in [0.1, 0.15) is 36.6 Å². The van der Waals surface area contributed by atoms with Crippen molar-refractivity contribution in [3.05, 3.63) is 72.4 Å². The highest BCUT2D eigenvalue weighted by Gasteiger charge is 2.24.